The Hall–Kier alpha value is -2.74. The fourth-order valence-electron chi connectivity index (χ4n) is 1.88. The van der Waals surface area contributed by atoms with Crippen molar-refractivity contribution in [2.24, 2.45) is 5.84 Å². The minimum atomic E-state index is -0.916. The summed E-state index contributed by atoms with van der Waals surface area (Å²) in [6, 6.07) is 5.64. The number of nitrogen functional groups attached to an aromatic ring is 1. The van der Waals surface area contributed by atoms with E-state index in [1.807, 2.05) is 5.43 Å². The number of nitrogens with two attached hydrogens (primary N) is 1. The van der Waals surface area contributed by atoms with Crippen LogP contribution in [0.15, 0.2) is 24.3 Å². The fraction of sp³-hybridized carbons (Fsp3) is 0.167. The summed E-state index contributed by atoms with van der Waals surface area (Å²) >= 11 is 0. The number of benzene rings is 1. The number of amides is 5. The van der Waals surface area contributed by atoms with Gasteiger partial charge in [-0.2, -0.15) is 0 Å². The summed E-state index contributed by atoms with van der Waals surface area (Å²) in [5.74, 6) is 2.72. The van der Waals surface area contributed by atoms with Crippen molar-refractivity contribution in [1.29, 1.82) is 0 Å². The second-order valence-corrected chi connectivity index (χ2v) is 4.17. The molecule has 3 N–H and O–H groups in total. The van der Waals surface area contributed by atoms with Gasteiger partial charge < -0.3 is 0 Å². The predicted octanol–water partition coefficient (Wildman–Crippen LogP) is -0.789. The van der Waals surface area contributed by atoms with Gasteiger partial charge in [-0.25, -0.2) is 10.6 Å². The molecule has 0 bridgehead atoms. The van der Waals surface area contributed by atoms with Crippen LogP contribution in [0.3, 0.4) is 0 Å². The van der Waals surface area contributed by atoms with Crippen molar-refractivity contribution in [2.45, 2.75) is 6.54 Å². The summed E-state index contributed by atoms with van der Waals surface area (Å²) in [7, 11) is 1.22. The van der Waals surface area contributed by atoms with Gasteiger partial charge in [-0.1, -0.05) is 18.2 Å². The number of carbonyl (C=O) groups is 4. The average molecular weight is 276 g/mol. The second-order valence-electron chi connectivity index (χ2n) is 4.17. The van der Waals surface area contributed by atoms with Crippen LogP contribution in [0.1, 0.15) is 15.9 Å². The van der Waals surface area contributed by atoms with Crippen molar-refractivity contribution in [3.63, 3.8) is 0 Å². The maximum Gasteiger partial charge on any atom is 0.334 e. The van der Waals surface area contributed by atoms with Gasteiger partial charge in [0.25, 0.3) is 5.91 Å². The zero-order valence-electron chi connectivity index (χ0n) is 10.6. The Morgan fingerprint density at radius 3 is 2.40 bits per heavy atom. The third kappa shape index (κ3) is 2.12. The van der Waals surface area contributed by atoms with Crippen LogP contribution in [0, 0.1) is 0 Å². The molecule has 1 fully saturated rings. The van der Waals surface area contributed by atoms with Gasteiger partial charge in [-0.15, -0.1) is 0 Å². The lowest BCUT2D eigenvalue weighted by molar-refractivity contribution is -0.143. The largest absolute Gasteiger partial charge is 0.334 e. The Balaban J connectivity index is 2.32. The first-order chi connectivity index (χ1) is 9.47. The third-order valence-electron chi connectivity index (χ3n) is 2.97. The Morgan fingerprint density at radius 1 is 1.20 bits per heavy atom. The highest BCUT2D eigenvalue weighted by Crippen LogP contribution is 2.17. The lowest BCUT2D eigenvalue weighted by atomic mass is 10.1. The molecule has 0 atom stereocenters. The predicted molar refractivity (Wildman–Crippen MR) is 66.8 cm³/mol. The van der Waals surface area contributed by atoms with E-state index in [0.717, 1.165) is 9.80 Å². The molecule has 1 heterocycles. The Kier molecular flexibility index (Phi) is 3.49. The number of hydrogen-bond acceptors (Lipinski definition) is 5. The smallest absolute Gasteiger partial charge is 0.290 e. The summed E-state index contributed by atoms with van der Waals surface area (Å²) < 4.78 is 0. The van der Waals surface area contributed by atoms with Crippen molar-refractivity contribution in [2.75, 3.05) is 7.05 Å². The zero-order valence-corrected chi connectivity index (χ0v) is 10.6. The van der Waals surface area contributed by atoms with Gasteiger partial charge in [-0.3, -0.25) is 29.6 Å². The number of carbonyl (C=O) groups excluding carboxylic acids is 4. The molecule has 8 heteroatoms. The summed E-state index contributed by atoms with van der Waals surface area (Å²) in [5, 5.41) is 0. The van der Waals surface area contributed by atoms with E-state index in [4.69, 9.17) is 5.84 Å². The van der Waals surface area contributed by atoms with Crippen molar-refractivity contribution >= 4 is 23.8 Å². The number of hydrazine groups is 1. The van der Waals surface area contributed by atoms with Crippen LogP contribution >= 0.6 is 0 Å². The second kappa shape index (κ2) is 5.10. The molecule has 0 unspecified atom stereocenters. The topological polar surface area (TPSA) is 113 Å². The van der Waals surface area contributed by atoms with E-state index in [1.165, 1.54) is 13.1 Å². The molecule has 20 heavy (non-hydrogen) atoms. The summed E-state index contributed by atoms with van der Waals surface area (Å²) in [5.41, 5.74) is 2.63. The lowest BCUT2D eigenvalue weighted by Crippen LogP contribution is -2.34. The molecule has 1 aromatic carbocycles. The molecule has 1 saturated heterocycles. The lowest BCUT2D eigenvalue weighted by Gasteiger charge is -2.15. The first kappa shape index (κ1) is 13.7. The first-order valence-electron chi connectivity index (χ1n) is 5.69. The van der Waals surface area contributed by atoms with Crippen molar-refractivity contribution in [1.82, 2.24) is 15.2 Å². The number of urea groups is 1. The van der Waals surface area contributed by atoms with Gasteiger partial charge in [0, 0.05) is 12.6 Å². The van der Waals surface area contributed by atoms with Crippen LogP contribution in [0.4, 0.5) is 4.79 Å². The molecular weight excluding hydrogens is 264 g/mol. The van der Waals surface area contributed by atoms with E-state index in [1.54, 1.807) is 18.2 Å². The fourth-order valence-corrected chi connectivity index (χ4v) is 1.88. The summed E-state index contributed by atoms with van der Waals surface area (Å²) in [6.45, 7) is -0.169. The van der Waals surface area contributed by atoms with E-state index < -0.39 is 23.8 Å². The molecule has 0 aliphatic carbocycles. The maximum atomic E-state index is 11.8. The van der Waals surface area contributed by atoms with Crippen molar-refractivity contribution in [3.05, 3.63) is 35.4 Å². The van der Waals surface area contributed by atoms with Gasteiger partial charge in [0.1, 0.15) is 0 Å². The monoisotopic (exact) mass is 276 g/mol. The SMILES string of the molecule is CN1C(=O)C(=O)N(Cc2ccccc2C(=O)NN)C1=O. The number of rotatable bonds is 3. The molecule has 0 spiro atoms. The third-order valence-corrected chi connectivity index (χ3v) is 2.97. The number of likely N-dealkylation sites (N-methyl/N-ethyl adjacent to an activating group) is 1. The minimum absolute atomic E-state index is 0.169. The van der Waals surface area contributed by atoms with Crippen LogP contribution in [0.2, 0.25) is 0 Å². The number of nitrogens with one attached hydrogen (secondary N) is 1. The molecule has 104 valence electrons. The van der Waals surface area contributed by atoms with Crippen molar-refractivity contribution in [3.8, 4) is 0 Å². The Bertz CT molecular complexity index is 613. The van der Waals surface area contributed by atoms with Crippen molar-refractivity contribution < 1.29 is 19.2 Å². The minimum Gasteiger partial charge on any atom is -0.290 e. The molecule has 2 rings (SSSR count). The molecule has 1 aliphatic heterocycles. The Labute approximate surface area is 114 Å². The van der Waals surface area contributed by atoms with Crippen LogP contribution < -0.4 is 11.3 Å². The van der Waals surface area contributed by atoms with E-state index in [-0.39, 0.29) is 12.1 Å². The number of imide groups is 2. The highest BCUT2D eigenvalue weighted by atomic mass is 16.2. The molecule has 8 nitrogen and oxygen atoms in total. The maximum absolute atomic E-state index is 11.8. The first-order valence-corrected chi connectivity index (χ1v) is 5.69. The van der Waals surface area contributed by atoms with E-state index in [2.05, 4.69) is 0 Å². The highest BCUT2D eigenvalue weighted by molar-refractivity contribution is 6.44. The standard InChI is InChI=1S/C12H12N4O4/c1-15-10(18)11(19)16(12(15)20)6-7-4-2-3-5-8(7)9(17)14-13/h2-5H,6,13H2,1H3,(H,14,17). The average Bonchev–Trinajstić information content (AvgIpc) is 2.65. The van der Waals surface area contributed by atoms with Crippen LogP contribution in [-0.4, -0.2) is 40.6 Å². The normalized spacial score (nSPS) is 15.0. The molecule has 1 aliphatic rings. The highest BCUT2D eigenvalue weighted by Gasteiger charge is 2.42. The summed E-state index contributed by atoms with van der Waals surface area (Å²) in [6.07, 6.45) is 0. The molecular formula is C12H12N4O4. The van der Waals surface area contributed by atoms with E-state index in [9.17, 15) is 19.2 Å². The van der Waals surface area contributed by atoms with Gasteiger partial charge in [0.05, 0.1) is 6.54 Å². The molecule has 0 saturated carbocycles. The number of nitrogens with zero attached hydrogens (tertiary/aromatic N) is 2. The summed E-state index contributed by atoms with van der Waals surface area (Å²) in [4.78, 5) is 48.0. The molecule has 1 aromatic rings. The quantitative estimate of drug-likeness (QED) is 0.247. The van der Waals surface area contributed by atoms with Gasteiger partial charge >= 0.3 is 17.8 Å². The van der Waals surface area contributed by atoms with E-state index in [0.29, 0.717) is 5.56 Å². The number of hydrogen-bond donors (Lipinski definition) is 2. The van der Waals surface area contributed by atoms with Crippen LogP contribution in [-0.2, 0) is 16.1 Å². The van der Waals surface area contributed by atoms with Gasteiger partial charge in [0.2, 0.25) is 0 Å². The van der Waals surface area contributed by atoms with Crippen LogP contribution in [0.5, 0.6) is 0 Å². The van der Waals surface area contributed by atoms with E-state index >= 15 is 0 Å². The molecule has 5 amide bonds. The molecule has 0 radical (unpaired) electrons. The van der Waals surface area contributed by atoms with Crippen LogP contribution in [0.25, 0.3) is 0 Å². The Morgan fingerprint density at radius 2 is 1.85 bits per heavy atom. The zero-order chi connectivity index (χ0) is 14.9. The van der Waals surface area contributed by atoms with Gasteiger partial charge in [0.15, 0.2) is 0 Å². The molecule has 0 aromatic heterocycles. The van der Waals surface area contributed by atoms with Gasteiger partial charge in [-0.05, 0) is 11.6 Å².